The summed E-state index contributed by atoms with van der Waals surface area (Å²) in [6, 6.07) is -0.588. The highest BCUT2D eigenvalue weighted by Crippen LogP contribution is 2.21. The first-order chi connectivity index (χ1) is 8.70. The molecule has 0 aromatic carbocycles. The van der Waals surface area contributed by atoms with Crippen LogP contribution in [0.2, 0.25) is 19.6 Å². The molecule has 0 aromatic heterocycles. The molecule has 1 aliphatic heterocycles. The van der Waals surface area contributed by atoms with Crippen molar-refractivity contribution in [3.8, 4) is 0 Å². The van der Waals surface area contributed by atoms with Gasteiger partial charge in [0, 0.05) is 0 Å². The van der Waals surface area contributed by atoms with E-state index in [9.17, 15) is 14.4 Å². The van der Waals surface area contributed by atoms with Gasteiger partial charge in [0.15, 0.2) is 8.24 Å². The van der Waals surface area contributed by atoms with Crippen LogP contribution in [-0.2, 0) is 4.74 Å². The standard InChI is InChI=1S/C10H18ClN3O4Si/c1-5-18-10(17)14(19(2,3)4)13-7-6-12(8(11)15)9(13)16/h5-7H2,1-4H3. The number of halogens is 1. The minimum absolute atomic E-state index is 0.168. The first-order valence-electron chi connectivity index (χ1n) is 5.95. The Morgan fingerprint density at radius 2 is 1.95 bits per heavy atom. The smallest absolute Gasteiger partial charge is 0.420 e. The van der Waals surface area contributed by atoms with Crippen LogP contribution in [0, 0.1) is 0 Å². The number of hydrogen-bond acceptors (Lipinski definition) is 4. The Bertz CT molecular complexity index is 399. The maximum atomic E-state index is 12.1. The number of carbonyl (C=O) groups excluding carboxylic acids is 3. The fourth-order valence-electron chi connectivity index (χ4n) is 1.79. The second-order valence-electron chi connectivity index (χ2n) is 4.99. The zero-order valence-corrected chi connectivity index (χ0v) is 13.2. The quantitative estimate of drug-likeness (QED) is 0.456. The van der Waals surface area contributed by atoms with Gasteiger partial charge in [-0.1, -0.05) is 0 Å². The summed E-state index contributed by atoms with van der Waals surface area (Å²) in [4.78, 5) is 36.1. The van der Waals surface area contributed by atoms with E-state index in [0.29, 0.717) is 0 Å². The summed E-state index contributed by atoms with van der Waals surface area (Å²) in [5, 5.41) is 0.400. The van der Waals surface area contributed by atoms with Gasteiger partial charge < -0.3 is 4.74 Å². The highest BCUT2D eigenvalue weighted by Gasteiger charge is 2.43. The second kappa shape index (κ2) is 5.79. The summed E-state index contributed by atoms with van der Waals surface area (Å²) < 4.78 is 6.32. The zero-order chi connectivity index (χ0) is 14.8. The number of hydrogen-bond donors (Lipinski definition) is 0. The van der Waals surface area contributed by atoms with Crippen LogP contribution in [0.15, 0.2) is 0 Å². The lowest BCUT2D eigenvalue weighted by Crippen LogP contribution is -2.60. The number of ether oxygens (including phenoxy) is 1. The molecule has 108 valence electrons. The van der Waals surface area contributed by atoms with E-state index in [0.717, 1.165) is 4.90 Å². The predicted molar refractivity (Wildman–Crippen MR) is 72.3 cm³/mol. The molecule has 0 aromatic rings. The van der Waals surface area contributed by atoms with Crippen LogP contribution >= 0.6 is 11.6 Å². The maximum absolute atomic E-state index is 12.1. The molecule has 0 atom stereocenters. The van der Waals surface area contributed by atoms with Crippen molar-refractivity contribution in [1.82, 2.24) is 14.6 Å². The molecule has 9 heteroatoms. The summed E-state index contributed by atoms with van der Waals surface area (Å²) in [7, 11) is -2.18. The molecule has 1 heterocycles. The van der Waals surface area contributed by atoms with Crippen LogP contribution in [0.3, 0.4) is 0 Å². The van der Waals surface area contributed by atoms with Crippen LogP contribution in [0.4, 0.5) is 14.4 Å². The van der Waals surface area contributed by atoms with Crippen LogP contribution in [0.25, 0.3) is 0 Å². The van der Waals surface area contributed by atoms with E-state index in [4.69, 9.17) is 16.3 Å². The normalized spacial score (nSPS) is 15.7. The van der Waals surface area contributed by atoms with Crippen molar-refractivity contribution in [2.24, 2.45) is 0 Å². The molecule has 0 spiro atoms. The zero-order valence-electron chi connectivity index (χ0n) is 11.5. The molecule has 1 saturated heterocycles. The second-order valence-corrected chi connectivity index (χ2v) is 10.1. The van der Waals surface area contributed by atoms with Crippen LogP contribution in [-0.4, -0.2) is 60.0 Å². The molecule has 0 unspecified atom stereocenters. The number of hydrazine groups is 1. The van der Waals surface area contributed by atoms with Crippen LogP contribution < -0.4 is 0 Å². The predicted octanol–water partition coefficient (Wildman–Crippen LogP) is 2.29. The summed E-state index contributed by atoms with van der Waals surface area (Å²) in [6.45, 7) is 8.04. The Hall–Kier alpha value is -1.28. The van der Waals surface area contributed by atoms with Gasteiger partial charge in [0.25, 0.3) is 0 Å². The van der Waals surface area contributed by atoms with Crippen molar-refractivity contribution in [3.05, 3.63) is 0 Å². The maximum Gasteiger partial charge on any atom is 0.420 e. The van der Waals surface area contributed by atoms with Gasteiger partial charge in [0.2, 0.25) is 0 Å². The number of nitrogens with zero attached hydrogens (tertiary/aromatic N) is 3. The Morgan fingerprint density at radius 3 is 2.32 bits per heavy atom. The highest BCUT2D eigenvalue weighted by atomic mass is 35.5. The average molecular weight is 308 g/mol. The van der Waals surface area contributed by atoms with E-state index < -0.39 is 25.7 Å². The first-order valence-corrected chi connectivity index (χ1v) is 9.78. The lowest BCUT2D eigenvalue weighted by atomic mass is 10.6. The number of amides is 4. The van der Waals surface area contributed by atoms with Gasteiger partial charge >= 0.3 is 17.5 Å². The molecule has 1 rings (SSSR count). The first kappa shape index (κ1) is 15.8. The molecule has 0 saturated carbocycles. The molecule has 0 N–H and O–H groups in total. The van der Waals surface area contributed by atoms with E-state index in [1.165, 1.54) is 9.68 Å². The average Bonchev–Trinajstić information content (AvgIpc) is 2.59. The van der Waals surface area contributed by atoms with Crippen molar-refractivity contribution in [3.63, 3.8) is 0 Å². The Morgan fingerprint density at radius 1 is 1.37 bits per heavy atom. The summed E-state index contributed by atoms with van der Waals surface area (Å²) in [6.07, 6.45) is -0.570. The summed E-state index contributed by atoms with van der Waals surface area (Å²) >= 11 is 5.32. The van der Waals surface area contributed by atoms with E-state index in [2.05, 4.69) is 0 Å². The minimum Gasteiger partial charge on any atom is -0.449 e. The van der Waals surface area contributed by atoms with Crippen LogP contribution in [0.1, 0.15) is 6.92 Å². The summed E-state index contributed by atoms with van der Waals surface area (Å²) in [5.41, 5.74) is 0. The van der Waals surface area contributed by atoms with Gasteiger partial charge in [-0.3, -0.25) is 4.79 Å². The number of carbonyl (C=O) groups is 3. The van der Waals surface area contributed by atoms with Gasteiger partial charge in [-0.15, -0.1) is 0 Å². The largest absolute Gasteiger partial charge is 0.449 e. The minimum atomic E-state index is -2.18. The Balaban J connectivity index is 2.98. The fourth-order valence-corrected chi connectivity index (χ4v) is 3.47. The summed E-state index contributed by atoms with van der Waals surface area (Å²) in [5.74, 6) is 0. The topological polar surface area (TPSA) is 70.2 Å². The molecule has 4 amide bonds. The SMILES string of the molecule is CCOC(=O)N(N1CCN(C(=O)Cl)C1=O)[Si](C)(C)C. The van der Waals surface area contributed by atoms with Crippen molar-refractivity contribution in [2.45, 2.75) is 26.6 Å². The van der Waals surface area contributed by atoms with Gasteiger partial charge in [-0.25, -0.2) is 24.2 Å². The molecule has 1 aliphatic rings. The van der Waals surface area contributed by atoms with E-state index in [-0.39, 0.29) is 19.7 Å². The van der Waals surface area contributed by atoms with Crippen molar-refractivity contribution >= 4 is 37.3 Å². The molecular weight excluding hydrogens is 290 g/mol. The monoisotopic (exact) mass is 307 g/mol. The van der Waals surface area contributed by atoms with Crippen LogP contribution in [0.5, 0.6) is 0 Å². The fraction of sp³-hybridized carbons (Fsp3) is 0.700. The number of rotatable bonds is 3. The van der Waals surface area contributed by atoms with Gasteiger partial charge in [-0.05, 0) is 38.2 Å². The molecule has 1 fully saturated rings. The molecule has 0 aliphatic carbocycles. The Kier molecular flexibility index (Phi) is 4.80. The van der Waals surface area contributed by atoms with E-state index >= 15 is 0 Å². The number of urea groups is 1. The van der Waals surface area contributed by atoms with Gasteiger partial charge in [0.05, 0.1) is 19.7 Å². The van der Waals surface area contributed by atoms with E-state index in [1.807, 2.05) is 19.6 Å². The third kappa shape index (κ3) is 3.38. The van der Waals surface area contributed by atoms with Gasteiger partial charge in [0.1, 0.15) is 0 Å². The molecule has 0 radical (unpaired) electrons. The van der Waals surface area contributed by atoms with Crippen molar-refractivity contribution < 1.29 is 19.1 Å². The lowest BCUT2D eigenvalue weighted by molar-refractivity contribution is 0.0627. The molecule has 19 heavy (non-hydrogen) atoms. The van der Waals surface area contributed by atoms with Crippen molar-refractivity contribution in [2.75, 3.05) is 19.7 Å². The van der Waals surface area contributed by atoms with E-state index in [1.54, 1.807) is 6.92 Å². The molecular formula is C10H18ClN3O4Si. The lowest BCUT2D eigenvalue weighted by Gasteiger charge is -2.38. The number of imide groups is 1. The highest BCUT2D eigenvalue weighted by molar-refractivity contribution is 6.75. The van der Waals surface area contributed by atoms with Gasteiger partial charge in [-0.2, -0.15) is 0 Å². The molecule has 7 nitrogen and oxygen atoms in total. The Labute approximate surface area is 118 Å². The third-order valence-electron chi connectivity index (χ3n) is 2.52. The third-order valence-corrected chi connectivity index (χ3v) is 4.42. The molecule has 0 bridgehead atoms. The van der Waals surface area contributed by atoms with Crippen molar-refractivity contribution in [1.29, 1.82) is 0 Å².